The van der Waals surface area contributed by atoms with Gasteiger partial charge in [-0.15, -0.1) is 0 Å². The lowest BCUT2D eigenvalue weighted by Crippen LogP contribution is -2.48. The molecular weight excluding hydrogens is 230 g/mol. The average molecular weight is 257 g/mol. The summed E-state index contributed by atoms with van der Waals surface area (Å²) in [6.45, 7) is 6.22. The number of carbonyl (C=O) groups is 1. The summed E-state index contributed by atoms with van der Waals surface area (Å²) >= 11 is 0. The lowest BCUT2D eigenvalue weighted by Gasteiger charge is -2.33. The molecule has 0 radical (unpaired) electrons. The highest BCUT2D eigenvalue weighted by Gasteiger charge is 2.27. The van der Waals surface area contributed by atoms with Gasteiger partial charge < -0.3 is 15.8 Å². The Kier molecular flexibility index (Phi) is 6.60. The Balaban J connectivity index is 2.45. The molecule has 1 atom stereocenters. The third-order valence-corrected chi connectivity index (χ3v) is 3.32. The van der Waals surface area contributed by atoms with Crippen LogP contribution in [0.4, 0.5) is 0 Å². The van der Waals surface area contributed by atoms with E-state index in [9.17, 15) is 4.79 Å². The minimum absolute atomic E-state index is 0.0962. The number of hydrogen-bond donors (Lipinski definition) is 2. The Morgan fingerprint density at radius 3 is 2.61 bits per heavy atom. The van der Waals surface area contributed by atoms with Crippen molar-refractivity contribution >= 4 is 5.91 Å². The van der Waals surface area contributed by atoms with Crippen LogP contribution >= 0.6 is 0 Å². The molecule has 0 bridgehead atoms. The van der Waals surface area contributed by atoms with E-state index in [1.165, 1.54) is 0 Å². The maximum atomic E-state index is 11.8. The SMILES string of the molecule is COCCN(C(C)C)C(CN)CC(=O)NC1CC1. The lowest BCUT2D eigenvalue weighted by molar-refractivity contribution is -0.122. The molecule has 1 amide bonds. The van der Waals surface area contributed by atoms with Crippen molar-refractivity contribution in [1.29, 1.82) is 0 Å². The Morgan fingerprint density at radius 1 is 1.50 bits per heavy atom. The van der Waals surface area contributed by atoms with E-state index in [0.717, 1.165) is 19.4 Å². The monoisotopic (exact) mass is 257 g/mol. The van der Waals surface area contributed by atoms with Crippen molar-refractivity contribution in [3.8, 4) is 0 Å². The van der Waals surface area contributed by atoms with Crippen LogP contribution in [-0.4, -0.2) is 55.7 Å². The van der Waals surface area contributed by atoms with E-state index >= 15 is 0 Å². The highest BCUT2D eigenvalue weighted by Crippen LogP contribution is 2.19. The predicted octanol–water partition coefficient (Wildman–Crippen LogP) is 0.339. The van der Waals surface area contributed by atoms with Crippen molar-refractivity contribution in [2.45, 2.75) is 51.2 Å². The van der Waals surface area contributed by atoms with Gasteiger partial charge in [0.15, 0.2) is 0 Å². The average Bonchev–Trinajstić information content (AvgIpc) is 3.11. The van der Waals surface area contributed by atoms with Crippen LogP contribution in [0.3, 0.4) is 0 Å². The summed E-state index contributed by atoms with van der Waals surface area (Å²) in [5.41, 5.74) is 5.82. The first-order valence-corrected chi connectivity index (χ1v) is 6.82. The van der Waals surface area contributed by atoms with Crippen LogP contribution in [-0.2, 0) is 9.53 Å². The number of hydrogen-bond acceptors (Lipinski definition) is 4. The van der Waals surface area contributed by atoms with E-state index < -0.39 is 0 Å². The smallest absolute Gasteiger partial charge is 0.221 e. The van der Waals surface area contributed by atoms with Gasteiger partial charge >= 0.3 is 0 Å². The molecule has 0 aromatic heterocycles. The summed E-state index contributed by atoms with van der Waals surface area (Å²) in [5.74, 6) is 0.121. The molecule has 0 heterocycles. The Hall–Kier alpha value is -0.650. The molecule has 0 aliphatic heterocycles. The van der Waals surface area contributed by atoms with Gasteiger partial charge in [0.05, 0.1) is 6.61 Å². The number of amides is 1. The van der Waals surface area contributed by atoms with Gasteiger partial charge in [-0.05, 0) is 26.7 Å². The summed E-state index contributed by atoms with van der Waals surface area (Å²) in [6.07, 6.45) is 2.72. The molecule has 0 saturated heterocycles. The second kappa shape index (κ2) is 7.71. The molecule has 18 heavy (non-hydrogen) atoms. The molecule has 1 rings (SSSR count). The van der Waals surface area contributed by atoms with Crippen LogP contribution in [0.2, 0.25) is 0 Å². The van der Waals surface area contributed by atoms with Gasteiger partial charge in [0.25, 0.3) is 0 Å². The van der Waals surface area contributed by atoms with Crippen LogP contribution in [0, 0.1) is 0 Å². The van der Waals surface area contributed by atoms with Crippen LogP contribution < -0.4 is 11.1 Å². The normalized spacial score (nSPS) is 17.2. The first kappa shape index (κ1) is 15.4. The van der Waals surface area contributed by atoms with Gasteiger partial charge in [-0.2, -0.15) is 0 Å². The van der Waals surface area contributed by atoms with Gasteiger partial charge in [-0.25, -0.2) is 0 Å². The standard InChI is InChI=1S/C13H27N3O2/c1-10(2)16(6-7-18-3)12(9-14)8-13(17)15-11-4-5-11/h10-12H,4-9,14H2,1-3H3,(H,15,17). The Bertz CT molecular complexity index is 255. The maximum absolute atomic E-state index is 11.8. The van der Waals surface area contributed by atoms with Crippen LogP contribution in [0.25, 0.3) is 0 Å². The van der Waals surface area contributed by atoms with E-state index in [2.05, 4.69) is 24.1 Å². The topological polar surface area (TPSA) is 67.6 Å². The minimum Gasteiger partial charge on any atom is -0.383 e. The third kappa shape index (κ3) is 5.33. The zero-order valence-corrected chi connectivity index (χ0v) is 11.8. The first-order valence-electron chi connectivity index (χ1n) is 6.82. The van der Waals surface area contributed by atoms with E-state index in [0.29, 0.717) is 31.7 Å². The molecule has 0 aromatic rings. The highest BCUT2D eigenvalue weighted by atomic mass is 16.5. The number of ether oxygens (including phenoxy) is 1. The number of nitrogens with one attached hydrogen (secondary N) is 1. The number of nitrogens with zero attached hydrogens (tertiary/aromatic N) is 1. The minimum atomic E-state index is 0.0962. The zero-order valence-electron chi connectivity index (χ0n) is 11.8. The molecular formula is C13H27N3O2. The van der Waals surface area contributed by atoms with Crippen molar-refractivity contribution in [2.24, 2.45) is 5.73 Å². The van der Waals surface area contributed by atoms with E-state index in [1.54, 1.807) is 7.11 Å². The van der Waals surface area contributed by atoms with E-state index in [-0.39, 0.29) is 11.9 Å². The van der Waals surface area contributed by atoms with Crippen molar-refractivity contribution in [3.63, 3.8) is 0 Å². The Labute approximate surface area is 110 Å². The molecule has 5 heteroatoms. The van der Waals surface area contributed by atoms with Crippen LogP contribution in [0.1, 0.15) is 33.1 Å². The molecule has 5 nitrogen and oxygen atoms in total. The highest BCUT2D eigenvalue weighted by molar-refractivity contribution is 5.77. The van der Waals surface area contributed by atoms with Crippen LogP contribution in [0.15, 0.2) is 0 Å². The summed E-state index contributed by atoms with van der Waals surface area (Å²) in [5, 5.41) is 3.02. The summed E-state index contributed by atoms with van der Waals surface area (Å²) in [7, 11) is 1.69. The summed E-state index contributed by atoms with van der Waals surface area (Å²) in [6, 6.07) is 0.878. The number of carbonyl (C=O) groups excluding carboxylic acids is 1. The fourth-order valence-electron chi connectivity index (χ4n) is 2.12. The molecule has 1 aliphatic carbocycles. The largest absolute Gasteiger partial charge is 0.383 e. The van der Waals surface area contributed by atoms with Gasteiger partial charge in [-0.1, -0.05) is 0 Å². The lowest BCUT2D eigenvalue weighted by atomic mass is 10.1. The summed E-state index contributed by atoms with van der Waals surface area (Å²) < 4.78 is 5.11. The van der Waals surface area contributed by atoms with Crippen LogP contribution in [0.5, 0.6) is 0 Å². The Morgan fingerprint density at radius 2 is 2.17 bits per heavy atom. The molecule has 106 valence electrons. The van der Waals surface area contributed by atoms with Crippen molar-refractivity contribution in [1.82, 2.24) is 10.2 Å². The summed E-state index contributed by atoms with van der Waals surface area (Å²) in [4.78, 5) is 14.1. The second-order valence-corrected chi connectivity index (χ2v) is 5.26. The maximum Gasteiger partial charge on any atom is 0.221 e. The van der Waals surface area contributed by atoms with Gasteiger partial charge in [0.2, 0.25) is 5.91 Å². The number of rotatable bonds is 9. The molecule has 1 aliphatic rings. The molecule has 1 saturated carbocycles. The van der Waals surface area contributed by atoms with E-state index in [1.807, 2.05) is 0 Å². The zero-order chi connectivity index (χ0) is 13.5. The predicted molar refractivity (Wildman–Crippen MR) is 72.3 cm³/mol. The third-order valence-electron chi connectivity index (χ3n) is 3.32. The second-order valence-electron chi connectivity index (χ2n) is 5.26. The molecule has 3 N–H and O–H groups in total. The number of methoxy groups -OCH3 is 1. The van der Waals surface area contributed by atoms with Gasteiger partial charge in [0, 0.05) is 44.7 Å². The number of nitrogens with two attached hydrogens (primary N) is 1. The molecule has 1 unspecified atom stereocenters. The van der Waals surface area contributed by atoms with Crippen molar-refractivity contribution in [3.05, 3.63) is 0 Å². The fourth-order valence-corrected chi connectivity index (χ4v) is 2.12. The first-order chi connectivity index (χ1) is 8.58. The van der Waals surface area contributed by atoms with Gasteiger partial charge in [-0.3, -0.25) is 9.69 Å². The fraction of sp³-hybridized carbons (Fsp3) is 0.923. The quantitative estimate of drug-likeness (QED) is 0.625. The van der Waals surface area contributed by atoms with Crippen molar-refractivity contribution in [2.75, 3.05) is 26.8 Å². The molecule has 0 spiro atoms. The van der Waals surface area contributed by atoms with E-state index in [4.69, 9.17) is 10.5 Å². The molecule has 1 fully saturated rings. The van der Waals surface area contributed by atoms with Gasteiger partial charge in [0.1, 0.15) is 0 Å². The van der Waals surface area contributed by atoms with Crippen molar-refractivity contribution < 1.29 is 9.53 Å². The molecule has 0 aromatic carbocycles.